The number of carboxylic acids is 1. The first-order valence-corrected chi connectivity index (χ1v) is 9.45. The summed E-state index contributed by atoms with van der Waals surface area (Å²) in [7, 11) is 0. The number of rotatable bonds is 4. The Hall–Kier alpha value is -1.91. The summed E-state index contributed by atoms with van der Waals surface area (Å²) in [4.78, 5) is 27.5. The molecule has 0 radical (unpaired) electrons. The molecule has 0 saturated carbocycles. The van der Waals surface area contributed by atoms with Gasteiger partial charge >= 0.3 is 5.97 Å². The number of hydrogen-bond donors (Lipinski definition) is 1. The van der Waals surface area contributed by atoms with Gasteiger partial charge in [0.15, 0.2) is 0 Å². The summed E-state index contributed by atoms with van der Waals surface area (Å²) in [6.45, 7) is 10.2. The van der Waals surface area contributed by atoms with Gasteiger partial charge in [-0.25, -0.2) is 4.79 Å². The van der Waals surface area contributed by atoms with Crippen LogP contribution in [-0.2, 0) is 11.2 Å². The standard InChI is InChI=1S/C8H9NO2.C8H15NO.C4H10/c1-2-7-5-6(8(10)11)3-4-9-7;1-2-8(10)9-6-4-3-5-7-9;1-3-4-2/h3-5H,2H2,1H3,(H,10,11);2-7H2,1H3;3-4H2,1-2H3. The van der Waals surface area contributed by atoms with Crippen LogP contribution in [0.3, 0.4) is 0 Å². The van der Waals surface area contributed by atoms with E-state index in [2.05, 4.69) is 18.8 Å². The fourth-order valence-corrected chi connectivity index (χ4v) is 2.17. The number of carbonyl (C=O) groups excluding carboxylic acids is 1. The van der Waals surface area contributed by atoms with Crippen molar-refractivity contribution in [3.63, 3.8) is 0 Å². The molecule has 0 atom stereocenters. The summed E-state index contributed by atoms with van der Waals surface area (Å²) in [5.74, 6) is -0.582. The zero-order valence-electron chi connectivity index (χ0n) is 16.3. The fraction of sp³-hybridized carbons (Fsp3) is 0.650. The zero-order chi connectivity index (χ0) is 19.1. The Bertz CT molecular complexity index is 495. The highest BCUT2D eigenvalue weighted by Gasteiger charge is 2.13. The third-order valence-corrected chi connectivity index (χ3v) is 3.94. The first kappa shape index (κ1) is 23.1. The maximum Gasteiger partial charge on any atom is 0.335 e. The second-order valence-corrected chi connectivity index (χ2v) is 5.99. The SMILES string of the molecule is CCC(=O)N1CCCCC1.CCCC.CCc1cc(C(=O)O)ccn1. The van der Waals surface area contributed by atoms with Crippen molar-refractivity contribution in [3.8, 4) is 0 Å². The van der Waals surface area contributed by atoms with Gasteiger partial charge in [-0.3, -0.25) is 9.78 Å². The Kier molecular flexibility index (Phi) is 13.3. The lowest BCUT2D eigenvalue weighted by atomic mass is 10.1. The van der Waals surface area contributed by atoms with E-state index in [1.807, 2.05) is 18.7 Å². The van der Waals surface area contributed by atoms with E-state index in [4.69, 9.17) is 5.11 Å². The largest absolute Gasteiger partial charge is 0.478 e. The van der Waals surface area contributed by atoms with E-state index in [0.717, 1.165) is 25.2 Å². The highest BCUT2D eigenvalue weighted by molar-refractivity contribution is 5.87. The van der Waals surface area contributed by atoms with Gasteiger partial charge < -0.3 is 10.0 Å². The smallest absolute Gasteiger partial charge is 0.335 e. The van der Waals surface area contributed by atoms with Crippen LogP contribution in [0.1, 0.15) is 82.3 Å². The van der Waals surface area contributed by atoms with Crippen LogP contribution < -0.4 is 0 Å². The van der Waals surface area contributed by atoms with Gasteiger partial charge in [0.2, 0.25) is 5.91 Å². The number of carbonyl (C=O) groups is 2. The van der Waals surface area contributed by atoms with Crippen molar-refractivity contribution in [2.45, 2.75) is 72.6 Å². The van der Waals surface area contributed by atoms with Gasteiger partial charge in [0, 0.05) is 31.4 Å². The normalized spacial score (nSPS) is 13.0. The van der Waals surface area contributed by atoms with Crippen molar-refractivity contribution in [1.82, 2.24) is 9.88 Å². The second kappa shape index (κ2) is 14.4. The molecule has 2 rings (SSSR count). The first-order chi connectivity index (χ1) is 12.0. The molecule has 25 heavy (non-hydrogen) atoms. The van der Waals surface area contributed by atoms with Crippen LogP contribution in [0.4, 0.5) is 0 Å². The predicted octanol–water partition coefficient (Wildman–Crippen LogP) is 4.56. The van der Waals surface area contributed by atoms with Crippen molar-refractivity contribution in [3.05, 3.63) is 29.6 Å². The van der Waals surface area contributed by atoms with Crippen LogP contribution in [0.2, 0.25) is 0 Å². The second-order valence-electron chi connectivity index (χ2n) is 5.99. The van der Waals surface area contributed by atoms with Crippen LogP contribution in [-0.4, -0.2) is 40.0 Å². The number of likely N-dealkylation sites (tertiary alicyclic amines) is 1. The minimum Gasteiger partial charge on any atom is -0.478 e. The number of aromatic carboxylic acids is 1. The Morgan fingerprint density at radius 1 is 1.08 bits per heavy atom. The molecule has 0 spiro atoms. The van der Waals surface area contributed by atoms with Gasteiger partial charge in [-0.1, -0.05) is 40.5 Å². The lowest BCUT2D eigenvalue weighted by Gasteiger charge is -2.26. The van der Waals surface area contributed by atoms with E-state index >= 15 is 0 Å². The molecule has 0 unspecified atom stereocenters. The van der Waals surface area contributed by atoms with Gasteiger partial charge in [-0.05, 0) is 37.8 Å². The van der Waals surface area contributed by atoms with Gasteiger partial charge in [0.05, 0.1) is 5.56 Å². The molecule has 0 bridgehead atoms. The molecule has 5 heteroatoms. The van der Waals surface area contributed by atoms with Crippen LogP contribution >= 0.6 is 0 Å². The number of hydrogen-bond acceptors (Lipinski definition) is 3. The molecule has 5 nitrogen and oxygen atoms in total. The predicted molar refractivity (Wildman–Crippen MR) is 102 cm³/mol. The number of unbranched alkanes of at least 4 members (excludes halogenated alkanes) is 1. The summed E-state index contributed by atoms with van der Waals surface area (Å²) in [6.07, 6.45) is 9.29. The maximum atomic E-state index is 11.1. The molecule has 1 aliphatic rings. The summed E-state index contributed by atoms with van der Waals surface area (Å²) < 4.78 is 0. The minimum atomic E-state index is -0.901. The van der Waals surface area contributed by atoms with Gasteiger partial charge in [0.1, 0.15) is 0 Å². The van der Waals surface area contributed by atoms with Crippen LogP contribution in [0.5, 0.6) is 0 Å². The van der Waals surface area contributed by atoms with Crippen molar-refractivity contribution >= 4 is 11.9 Å². The summed E-state index contributed by atoms with van der Waals surface area (Å²) in [6, 6.07) is 3.07. The van der Waals surface area contributed by atoms with E-state index in [-0.39, 0.29) is 0 Å². The molecule has 1 aromatic rings. The molecule has 1 aliphatic heterocycles. The Morgan fingerprint density at radius 2 is 1.68 bits per heavy atom. The molecule has 1 aromatic heterocycles. The van der Waals surface area contributed by atoms with Crippen molar-refractivity contribution < 1.29 is 14.7 Å². The van der Waals surface area contributed by atoms with E-state index in [1.165, 1.54) is 44.4 Å². The lowest BCUT2D eigenvalue weighted by Crippen LogP contribution is -2.34. The Morgan fingerprint density at radius 3 is 2.12 bits per heavy atom. The van der Waals surface area contributed by atoms with Gasteiger partial charge in [-0.15, -0.1) is 0 Å². The monoisotopic (exact) mass is 350 g/mol. The number of aromatic nitrogens is 1. The molecule has 2 heterocycles. The molecule has 1 fully saturated rings. The molecular weight excluding hydrogens is 316 g/mol. The summed E-state index contributed by atoms with van der Waals surface area (Å²) >= 11 is 0. The number of aryl methyl sites for hydroxylation is 1. The summed E-state index contributed by atoms with van der Waals surface area (Å²) in [5.41, 5.74) is 1.11. The summed E-state index contributed by atoms with van der Waals surface area (Å²) in [5, 5.41) is 8.58. The van der Waals surface area contributed by atoms with Gasteiger partial charge in [0.25, 0.3) is 0 Å². The Labute approximate surface area is 152 Å². The third kappa shape index (κ3) is 10.5. The number of piperidine rings is 1. The van der Waals surface area contributed by atoms with E-state index in [9.17, 15) is 9.59 Å². The Balaban J connectivity index is 0.000000383. The molecule has 0 aliphatic carbocycles. The molecular formula is C20H34N2O3. The maximum absolute atomic E-state index is 11.1. The van der Waals surface area contributed by atoms with Crippen molar-refractivity contribution in [2.75, 3.05) is 13.1 Å². The zero-order valence-corrected chi connectivity index (χ0v) is 16.3. The quantitative estimate of drug-likeness (QED) is 0.864. The number of carboxylic acid groups (broad SMARTS) is 1. The van der Waals surface area contributed by atoms with E-state index in [1.54, 1.807) is 6.07 Å². The molecule has 1 saturated heterocycles. The van der Waals surface area contributed by atoms with Crippen LogP contribution in [0.25, 0.3) is 0 Å². The lowest BCUT2D eigenvalue weighted by molar-refractivity contribution is -0.131. The molecule has 142 valence electrons. The van der Waals surface area contributed by atoms with E-state index < -0.39 is 5.97 Å². The number of amides is 1. The minimum absolute atomic E-state index is 0.303. The first-order valence-electron chi connectivity index (χ1n) is 9.45. The topological polar surface area (TPSA) is 70.5 Å². The fourth-order valence-electron chi connectivity index (χ4n) is 2.17. The highest BCUT2D eigenvalue weighted by atomic mass is 16.4. The average molecular weight is 351 g/mol. The number of pyridine rings is 1. The average Bonchev–Trinajstić information content (AvgIpc) is 2.68. The number of nitrogens with zero attached hydrogens (tertiary/aromatic N) is 2. The van der Waals surface area contributed by atoms with Crippen LogP contribution in [0, 0.1) is 0 Å². The molecule has 1 N–H and O–H groups in total. The van der Waals surface area contributed by atoms with Gasteiger partial charge in [-0.2, -0.15) is 0 Å². The van der Waals surface area contributed by atoms with Crippen molar-refractivity contribution in [1.29, 1.82) is 0 Å². The highest BCUT2D eigenvalue weighted by Crippen LogP contribution is 2.09. The molecule has 0 aromatic carbocycles. The van der Waals surface area contributed by atoms with E-state index in [0.29, 0.717) is 17.9 Å². The molecule has 1 amide bonds. The van der Waals surface area contributed by atoms with Crippen molar-refractivity contribution in [2.24, 2.45) is 0 Å². The third-order valence-electron chi connectivity index (χ3n) is 3.94. The van der Waals surface area contributed by atoms with Crippen LogP contribution in [0.15, 0.2) is 18.3 Å².